The lowest BCUT2D eigenvalue weighted by molar-refractivity contribution is 0.0523. The maximum absolute atomic E-state index is 12.7. The molecule has 1 aromatic heterocycles. The molecule has 1 amide bonds. The molecule has 1 unspecified atom stereocenters. The quantitative estimate of drug-likeness (QED) is 0.153. The lowest BCUT2D eigenvalue weighted by Crippen LogP contribution is -2.67. The van der Waals surface area contributed by atoms with Crippen molar-refractivity contribution in [3.8, 4) is 10.4 Å². The van der Waals surface area contributed by atoms with Crippen molar-refractivity contribution in [1.29, 1.82) is 0 Å². The summed E-state index contributed by atoms with van der Waals surface area (Å²) < 4.78 is 13.0. The van der Waals surface area contributed by atoms with E-state index in [1.165, 1.54) is 15.3 Å². The van der Waals surface area contributed by atoms with Crippen molar-refractivity contribution < 1.29 is 14.0 Å². The molecule has 1 atom stereocenters. The van der Waals surface area contributed by atoms with Crippen LogP contribution in [0.4, 0.5) is 10.5 Å². The van der Waals surface area contributed by atoms with Gasteiger partial charge in [-0.05, 0) is 86.5 Å². The Hall–Kier alpha value is -3.46. The molecular formula is C39H51N3O3SSi. The van der Waals surface area contributed by atoms with E-state index in [4.69, 9.17) is 9.16 Å². The predicted octanol–water partition coefficient (Wildman–Crippen LogP) is 8.47. The van der Waals surface area contributed by atoms with Crippen molar-refractivity contribution in [3.63, 3.8) is 0 Å². The first-order valence-electron chi connectivity index (χ1n) is 16.8. The summed E-state index contributed by atoms with van der Waals surface area (Å²) >= 11 is 1.67. The zero-order chi connectivity index (χ0) is 33.8. The van der Waals surface area contributed by atoms with E-state index < -0.39 is 20.0 Å². The highest BCUT2D eigenvalue weighted by Crippen LogP contribution is 2.40. The third-order valence-electron chi connectivity index (χ3n) is 8.78. The van der Waals surface area contributed by atoms with E-state index in [0.717, 1.165) is 48.3 Å². The van der Waals surface area contributed by atoms with Crippen LogP contribution in [0.3, 0.4) is 0 Å². The van der Waals surface area contributed by atoms with Gasteiger partial charge < -0.3 is 19.4 Å². The average Bonchev–Trinajstić information content (AvgIpc) is 3.77. The highest BCUT2D eigenvalue weighted by Gasteiger charge is 2.51. The standard InChI is InChI=1S/C39H51N3O3SSi/c1-28(45-47(39(6,7)8,33-15-11-9-12-16-33)34-17-13-10-14-18-34)23-24-42(32-21-22-32)35-25-30(36-29(2)41-27-46-36)19-20-31(35)26-40-37(43)44-38(3,4)5/h9-20,25,27-28,32H,21-24,26H2,1-8H3,(H,40,43). The van der Waals surface area contributed by atoms with E-state index in [2.05, 4.69) is 129 Å². The molecule has 6 nitrogen and oxygen atoms in total. The molecule has 4 aromatic rings. The van der Waals surface area contributed by atoms with Crippen molar-refractivity contribution >= 4 is 41.8 Å². The van der Waals surface area contributed by atoms with Crippen LogP contribution in [-0.2, 0) is 15.7 Å². The largest absolute Gasteiger partial charge is 0.444 e. The Balaban J connectivity index is 1.44. The number of rotatable bonds is 12. The summed E-state index contributed by atoms with van der Waals surface area (Å²) in [6.45, 7) is 18.2. The molecule has 1 aliphatic carbocycles. The highest BCUT2D eigenvalue weighted by atomic mass is 32.1. The van der Waals surface area contributed by atoms with E-state index in [1.807, 2.05) is 26.3 Å². The van der Waals surface area contributed by atoms with Crippen LogP contribution in [0, 0.1) is 6.92 Å². The summed E-state index contributed by atoms with van der Waals surface area (Å²) in [5.41, 5.74) is 5.78. The number of nitrogens with zero attached hydrogens (tertiary/aromatic N) is 2. The minimum absolute atomic E-state index is 0.0258. The lowest BCUT2D eigenvalue weighted by atomic mass is 10.0. The molecule has 1 saturated carbocycles. The van der Waals surface area contributed by atoms with Gasteiger partial charge in [-0.15, -0.1) is 11.3 Å². The molecule has 1 aliphatic rings. The number of aryl methyl sites for hydroxylation is 1. The van der Waals surface area contributed by atoms with Gasteiger partial charge in [-0.3, -0.25) is 0 Å². The van der Waals surface area contributed by atoms with Crippen LogP contribution in [-0.4, -0.2) is 43.7 Å². The Labute approximate surface area is 286 Å². The second-order valence-corrected chi connectivity index (χ2v) is 19.9. The third kappa shape index (κ3) is 8.34. The van der Waals surface area contributed by atoms with Crippen LogP contribution in [0.15, 0.2) is 84.4 Å². The molecule has 0 spiro atoms. The molecule has 1 fully saturated rings. The molecule has 1 N–H and O–H groups in total. The van der Waals surface area contributed by atoms with Gasteiger partial charge in [-0.25, -0.2) is 9.78 Å². The SMILES string of the molecule is Cc1ncsc1-c1ccc(CNC(=O)OC(C)(C)C)c(N(CCC(C)O[Si](c2ccccc2)(c2ccccc2)C(C)(C)C)C2CC2)c1. The van der Waals surface area contributed by atoms with Crippen LogP contribution in [0.5, 0.6) is 0 Å². The Morgan fingerprint density at radius 3 is 2.11 bits per heavy atom. The maximum atomic E-state index is 12.7. The van der Waals surface area contributed by atoms with Crippen LogP contribution in [0.25, 0.3) is 10.4 Å². The zero-order valence-electron chi connectivity index (χ0n) is 29.3. The van der Waals surface area contributed by atoms with Crippen molar-refractivity contribution in [1.82, 2.24) is 10.3 Å². The number of anilines is 1. The Morgan fingerprint density at radius 2 is 1.60 bits per heavy atom. The summed E-state index contributed by atoms with van der Waals surface area (Å²) in [6.07, 6.45) is 2.82. The fraction of sp³-hybridized carbons (Fsp3) is 0.436. The molecule has 250 valence electrons. The molecule has 0 radical (unpaired) electrons. The van der Waals surface area contributed by atoms with Gasteiger partial charge in [0.05, 0.1) is 16.1 Å². The average molecular weight is 670 g/mol. The fourth-order valence-corrected chi connectivity index (χ4v) is 12.0. The van der Waals surface area contributed by atoms with E-state index in [0.29, 0.717) is 12.6 Å². The van der Waals surface area contributed by atoms with Crippen molar-refractivity contribution in [2.24, 2.45) is 0 Å². The van der Waals surface area contributed by atoms with Gasteiger partial charge in [0.25, 0.3) is 8.32 Å². The first-order chi connectivity index (χ1) is 22.3. The number of carbonyl (C=O) groups is 1. The van der Waals surface area contributed by atoms with Crippen LogP contribution in [0.1, 0.15) is 79.0 Å². The lowest BCUT2D eigenvalue weighted by Gasteiger charge is -2.45. The Morgan fingerprint density at radius 1 is 0.979 bits per heavy atom. The summed E-state index contributed by atoms with van der Waals surface area (Å²) in [4.78, 5) is 20.9. The topological polar surface area (TPSA) is 63.7 Å². The number of alkyl carbamates (subject to hydrolysis) is 1. The molecule has 1 heterocycles. The number of benzene rings is 3. The first kappa shape index (κ1) is 34.9. The number of thiazole rings is 1. The number of carbonyl (C=O) groups excluding carboxylic acids is 1. The van der Waals surface area contributed by atoms with Crippen molar-refractivity contribution in [2.45, 2.75) is 104 Å². The summed E-state index contributed by atoms with van der Waals surface area (Å²) in [5.74, 6) is 0. The number of nitrogens with one attached hydrogen (secondary N) is 1. The number of hydrogen-bond acceptors (Lipinski definition) is 6. The molecule has 8 heteroatoms. The smallest absolute Gasteiger partial charge is 0.407 e. The Bertz CT molecular complexity index is 1590. The van der Waals surface area contributed by atoms with Crippen LogP contribution >= 0.6 is 11.3 Å². The summed E-state index contributed by atoms with van der Waals surface area (Å²) in [6, 6.07) is 28.8. The summed E-state index contributed by atoms with van der Waals surface area (Å²) in [5, 5.41) is 5.52. The van der Waals surface area contributed by atoms with E-state index >= 15 is 0 Å². The third-order valence-corrected chi connectivity index (χ3v) is 14.9. The minimum Gasteiger partial charge on any atom is -0.444 e. The predicted molar refractivity (Wildman–Crippen MR) is 199 cm³/mol. The Kier molecular flexibility index (Phi) is 10.6. The number of hydrogen-bond donors (Lipinski definition) is 1. The van der Waals surface area contributed by atoms with Gasteiger partial charge in [0, 0.05) is 30.9 Å². The summed E-state index contributed by atoms with van der Waals surface area (Å²) in [7, 11) is -2.67. The van der Waals surface area contributed by atoms with Gasteiger partial charge >= 0.3 is 6.09 Å². The monoisotopic (exact) mass is 669 g/mol. The molecular weight excluding hydrogens is 619 g/mol. The van der Waals surface area contributed by atoms with E-state index in [1.54, 1.807) is 11.3 Å². The highest BCUT2D eigenvalue weighted by molar-refractivity contribution is 7.13. The van der Waals surface area contributed by atoms with Gasteiger partial charge in [-0.1, -0.05) is 93.6 Å². The number of amides is 1. The molecule has 47 heavy (non-hydrogen) atoms. The fourth-order valence-electron chi connectivity index (χ4n) is 6.44. The number of aromatic nitrogens is 1. The van der Waals surface area contributed by atoms with Gasteiger partial charge in [0.1, 0.15) is 5.60 Å². The van der Waals surface area contributed by atoms with Crippen molar-refractivity contribution in [3.05, 3.63) is 95.6 Å². The maximum Gasteiger partial charge on any atom is 0.407 e. The second-order valence-electron chi connectivity index (χ2n) is 14.8. The minimum atomic E-state index is -2.67. The van der Waals surface area contributed by atoms with E-state index in [-0.39, 0.29) is 11.1 Å². The molecule has 0 bridgehead atoms. The molecule has 0 aliphatic heterocycles. The molecule has 0 saturated heterocycles. The normalized spacial score (nSPS) is 14.5. The van der Waals surface area contributed by atoms with Gasteiger partial charge in [-0.2, -0.15) is 0 Å². The van der Waals surface area contributed by atoms with Gasteiger partial charge in [0.2, 0.25) is 0 Å². The van der Waals surface area contributed by atoms with Crippen LogP contribution < -0.4 is 20.6 Å². The van der Waals surface area contributed by atoms with Crippen molar-refractivity contribution in [2.75, 3.05) is 11.4 Å². The van der Waals surface area contributed by atoms with Gasteiger partial charge in [0.15, 0.2) is 0 Å². The van der Waals surface area contributed by atoms with E-state index in [9.17, 15) is 4.79 Å². The number of ether oxygens (including phenoxy) is 1. The molecule has 5 rings (SSSR count). The first-order valence-corrected chi connectivity index (χ1v) is 19.6. The second kappa shape index (κ2) is 14.3. The zero-order valence-corrected chi connectivity index (χ0v) is 31.1. The van der Waals surface area contributed by atoms with Crippen LogP contribution in [0.2, 0.25) is 5.04 Å². The molecule has 3 aromatic carbocycles.